The molecule has 1 heterocycles. The highest BCUT2D eigenvalue weighted by atomic mass is 16.6. The van der Waals surface area contributed by atoms with Gasteiger partial charge in [0.05, 0.1) is 18.1 Å². The zero-order valence-electron chi connectivity index (χ0n) is 19.7. The van der Waals surface area contributed by atoms with Crippen LogP contribution in [0.25, 0.3) is 0 Å². The first kappa shape index (κ1) is 27.7. The van der Waals surface area contributed by atoms with Gasteiger partial charge in [-0.3, -0.25) is 19.9 Å². The number of nitro benzene ring substituents is 1. The van der Waals surface area contributed by atoms with Crippen molar-refractivity contribution in [2.45, 2.75) is 13.5 Å². The normalized spacial score (nSPS) is 14.0. The first-order valence-corrected chi connectivity index (χ1v) is 11.2. The molecular formula is C24H31N3O8. The molecule has 3 rings (SSSR count). The summed E-state index contributed by atoms with van der Waals surface area (Å²) in [7, 11) is 0. The van der Waals surface area contributed by atoms with Gasteiger partial charge in [-0.2, -0.15) is 0 Å². The highest BCUT2D eigenvalue weighted by Gasteiger charge is 2.17. The molecule has 2 aromatic rings. The quantitative estimate of drug-likeness (QED) is 0.221. The third-order valence-electron chi connectivity index (χ3n) is 5.25. The summed E-state index contributed by atoms with van der Waals surface area (Å²) in [5.74, 6) is -3.35. The molecule has 11 heteroatoms. The second kappa shape index (κ2) is 14.7. The number of carbonyl (C=O) groups is 2. The summed E-state index contributed by atoms with van der Waals surface area (Å²) in [6.45, 7) is 9.35. The zero-order valence-corrected chi connectivity index (χ0v) is 19.7. The minimum Gasteiger partial charge on any atom is -0.484 e. The molecule has 11 nitrogen and oxygen atoms in total. The topological polar surface area (TPSA) is 143 Å². The summed E-state index contributed by atoms with van der Waals surface area (Å²) in [5.41, 5.74) is 2.28. The summed E-state index contributed by atoms with van der Waals surface area (Å²) >= 11 is 0. The number of carboxylic acids is 2. The number of nitro groups is 1. The Morgan fingerprint density at radius 3 is 2.17 bits per heavy atom. The van der Waals surface area contributed by atoms with Crippen molar-refractivity contribution in [2.75, 3.05) is 52.5 Å². The maximum Gasteiger partial charge on any atom is 0.414 e. The molecule has 0 aliphatic carbocycles. The number of nitrogens with zero attached hydrogens (tertiary/aromatic N) is 3. The van der Waals surface area contributed by atoms with E-state index < -0.39 is 16.9 Å². The highest BCUT2D eigenvalue weighted by Crippen LogP contribution is 2.27. The van der Waals surface area contributed by atoms with Gasteiger partial charge >= 0.3 is 17.6 Å². The summed E-state index contributed by atoms with van der Waals surface area (Å²) in [4.78, 5) is 33.7. The van der Waals surface area contributed by atoms with E-state index in [-0.39, 0.29) is 5.69 Å². The minimum absolute atomic E-state index is 0.0102. The van der Waals surface area contributed by atoms with Crippen LogP contribution in [0.15, 0.2) is 48.5 Å². The predicted molar refractivity (Wildman–Crippen MR) is 128 cm³/mol. The molecule has 1 aliphatic heterocycles. The van der Waals surface area contributed by atoms with Crippen molar-refractivity contribution < 1.29 is 34.2 Å². The van der Waals surface area contributed by atoms with Crippen LogP contribution < -0.4 is 4.74 Å². The van der Waals surface area contributed by atoms with E-state index in [1.165, 1.54) is 11.6 Å². The van der Waals surface area contributed by atoms with E-state index in [0.29, 0.717) is 25.6 Å². The smallest absolute Gasteiger partial charge is 0.414 e. The Balaban J connectivity index is 0.000000641. The molecule has 0 unspecified atom stereocenters. The average molecular weight is 490 g/mol. The standard InChI is InChI=1S/C22H29N3O4.C2H2O4/c1-19-7-8-21(25(26)27)22(17-19)29-16-15-28-14-13-23-9-11-24(12-10-23)18-20-5-3-2-4-6-20;3-1(4)2(5)6/h2-8,17H,9-16,18H2,1H3;(H,3,4)(H,5,6). The largest absolute Gasteiger partial charge is 0.484 e. The number of piperazine rings is 1. The number of ether oxygens (including phenoxy) is 2. The van der Waals surface area contributed by atoms with E-state index in [0.717, 1.165) is 44.8 Å². The first-order valence-electron chi connectivity index (χ1n) is 11.2. The SMILES string of the molecule is Cc1ccc([N+](=O)[O-])c(OCCOCCN2CCN(Cc3ccccc3)CC2)c1.O=C(O)C(=O)O. The van der Waals surface area contributed by atoms with Crippen LogP contribution in [0.3, 0.4) is 0 Å². The van der Waals surface area contributed by atoms with Crippen LogP contribution in [0.2, 0.25) is 0 Å². The van der Waals surface area contributed by atoms with Gasteiger partial charge in [-0.15, -0.1) is 0 Å². The molecule has 1 saturated heterocycles. The maximum atomic E-state index is 11.1. The van der Waals surface area contributed by atoms with E-state index in [1.54, 1.807) is 12.1 Å². The number of benzene rings is 2. The number of rotatable bonds is 10. The highest BCUT2D eigenvalue weighted by molar-refractivity contribution is 6.27. The fourth-order valence-electron chi connectivity index (χ4n) is 3.41. The van der Waals surface area contributed by atoms with Crippen molar-refractivity contribution in [1.82, 2.24) is 9.80 Å². The summed E-state index contributed by atoms with van der Waals surface area (Å²) < 4.78 is 11.2. The third kappa shape index (κ3) is 10.5. The molecule has 1 aliphatic rings. The Kier molecular flexibility index (Phi) is 11.6. The number of aliphatic carboxylic acids is 2. The van der Waals surface area contributed by atoms with Crippen LogP contribution >= 0.6 is 0 Å². The molecule has 0 saturated carbocycles. The van der Waals surface area contributed by atoms with Crippen molar-refractivity contribution in [2.24, 2.45) is 0 Å². The number of hydrogen-bond donors (Lipinski definition) is 2. The fourth-order valence-corrected chi connectivity index (χ4v) is 3.41. The average Bonchev–Trinajstić information content (AvgIpc) is 2.83. The number of aryl methyl sites for hydroxylation is 1. The third-order valence-corrected chi connectivity index (χ3v) is 5.25. The lowest BCUT2D eigenvalue weighted by Crippen LogP contribution is -2.46. The number of carboxylic acid groups (broad SMARTS) is 2. The van der Waals surface area contributed by atoms with Gasteiger partial charge < -0.3 is 19.7 Å². The first-order chi connectivity index (χ1) is 16.8. The molecular weight excluding hydrogens is 458 g/mol. The Hall–Kier alpha value is -3.54. The van der Waals surface area contributed by atoms with Crippen molar-refractivity contribution >= 4 is 17.6 Å². The van der Waals surface area contributed by atoms with Crippen molar-refractivity contribution in [1.29, 1.82) is 0 Å². The minimum atomic E-state index is -1.82. The van der Waals surface area contributed by atoms with Crippen LogP contribution in [0.5, 0.6) is 5.75 Å². The molecule has 0 radical (unpaired) electrons. The van der Waals surface area contributed by atoms with Gasteiger partial charge in [0, 0.05) is 45.3 Å². The van der Waals surface area contributed by atoms with E-state index in [2.05, 4.69) is 40.1 Å². The number of hydrogen-bond acceptors (Lipinski definition) is 8. The van der Waals surface area contributed by atoms with Gasteiger partial charge in [-0.25, -0.2) is 9.59 Å². The second-order valence-corrected chi connectivity index (χ2v) is 7.90. The molecule has 0 bridgehead atoms. The van der Waals surface area contributed by atoms with Gasteiger partial charge in [0.1, 0.15) is 6.61 Å². The lowest BCUT2D eigenvalue weighted by atomic mass is 10.2. The Morgan fingerprint density at radius 2 is 1.57 bits per heavy atom. The van der Waals surface area contributed by atoms with Crippen LogP contribution in [0.4, 0.5) is 5.69 Å². The van der Waals surface area contributed by atoms with Gasteiger partial charge in [-0.05, 0) is 24.1 Å². The van der Waals surface area contributed by atoms with Gasteiger partial charge in [0.2, 0.25) is 0 Å². The van der Waals surface area contributed by atoms with E-state index in [1.807, 2.05) is 6.92 Å². The molecule has 0 spiro atoms. The predicted octanol–water partition coefficient (Wildman–Crippen LogP) is 2.27. The molecule has 0 amide bonds. The van der Waals surface area contributed by atoms with Crippen LogP contribution in [-0.4, -0.2) is 89.4 Å². The second-order valence-electron chi connectivity index (χ2n) is 7.90. The van der Waals surface area contributed by atoms with E-state index in [9.17, 15) is 10.1 Å². The van der Waals surface area contributed by atoms with Crippen LogP contribution in [0.1, 0.15) is 11.1 Å². The molecule has 0 aromatic heterocycles. The maximum absolute atomic E-state index is 11.1. The van der Waals surface area contributed by atoms with Gasteiger partial charge in [0.15, 0.2) is 5.75 Å². The Morgan fingerprint density at radius 1 is 0.943 bits per heavy atom. The Bertz CT molecular complexity index is 950. The van der Waals surface area contributed by atoms with Crippen LogP contribution in [0, 0.1) is 17.0 Å². The summed E-state index contributed by atoms with van der Waals surface area (Å²) in [5, 5.41) is 25.8. The molecule has 35 heavy (non-hydrogen) atoms. The summed E-state index contributed by atoms with van der Waals surface area (Å²) in [6.07, 6.45) is 0. The van der Waals surface area contributed by atoms with Gasteiger partial charge in [-0.1, -0.05) is 36.4 Å². The van der Waals surface area contributed by atoms with Crippen molar-refractivity contribution in [3.8, 4) is 5.75 Å². The van der Waals surface area contributed by atoms with Crippen molar-refractivity contribution in [3.05, 3.63) is 69.8 Å². The summed E-state index contributed by atoms with van der Waals surface area (Å²) in [6, 6.07) is 15.4. The monoisotopic (exact) mass is 489 g/mol. The zero-order chi connectivity index (χ0) is 25.6. The molecule has 190 valence electrons. The van der Waals surface area contributed by atoms with Crippen LogP contribution in [-0.2, 0) is 20.9 Å². The molecule has 2 N–H and O–H groups in total. The molecule has 0 atom stereocenters. The lowest BCUT2D eigenvalue weighted by Gasteiger charge is -2.34. The van der Waals surface area contributed by atoms with E-state index >= 15 is 0 Å². The lowest BCUT2D eigenvalue weighted by molar-refractivity contribution is -0.385. The van der Waals surface area contributed by atoms with Crippen molar-refractivity contribution in [3.63, 3.8) is 0 Å². The Labute approximate surface area is 203 Å². The molecule has 2 aromatic carbocycles. The van der Waals surface area contributed by atoms with Gasteiger partial charge in [0.25, 0.3) is 0 Å². The molecule has 1 fully saturated rings. The van der Waals surface area contributed by atoms with E-state index in [4.69, 9.17) is 29.3 Å². The fraction of sp³-hybridized carbons (Fsp3) is 0.417.